The molecule has 1 unspecified atom stereocenters. The van der Waals surface area contributed by atoms with Crippen LogP contribution in [0, 0.1) is 0 Å². The molecule has 5 rings (SSSR count). The first-order valence-electron chi connectivity index (χ1n) is 11.0. The topological polar surface area (TPSA) is 80.2 Å². The van der Waals surface area contributed by atoms with Crippen molar-refractivity contribution in [1.29, 1.82) is 0 Å². The third-order valence-electron chi connectivity index (χ3n) is 5.98. The maximum Gasteiger partial charge on any atom is 0.243 e. The number of para-hydroxylation sites is 2. The number of fused-ring (bicyclic) bond motifs is 2. The number of aldehydes is 1. The Morgan fingerprint density at radius 2 is 1.73 bits per heavy atom. The van der Waals surface area contributed by atoms with Crippen LogP contribution in [0.2, 0.25) is 0 Å². The highest BCUT2D eigenvalue weighted by atomic mass is 32.2. The third kappa shape index (κ3) is 4.00. The van der Waals surface area contributed by atoms with Crippen LogP contribution >= 0.6 is 0 Å². The molecule has 3 aromatic carbocycles. The molecule has 0 radical (unpaired) electrons. The van der Waals surface area contributed by atoms with E-state index in [0.29, 0.717) is 17.6 Å². The van der Waals surface area contributed by atoms with Crippen LogP contribution in [0.4, 0.5) is 11.4 Å². The number of aromatic nitrogens is 1. The number of nitrogens with one attached hydrogen (secondary N) is 2. The predicted molar refractivity (Wildman–Crippen MR) is 133 cm³/mol. The fraction of sp³-hybridized carbons (Fsp3) is 0.192. The Labute approximate surface area is 193 Å². The lowest BCUT2D eigenvalue weighted by Gasteiger charge is -2.19. The molecule has 7 heteroatoms. The zero-order valence-corrected chi connectivity index (χ0v) is 19.0. The minimum Gasteiger partial charge on any atom is -0.380 e. The maximum atomic E-state index is 13.8. The van der Waals surface area contributed by atoms with E-state index in [1.807, 2.05) is 85.8 Å². The van der Waals surface area contributed by atoms with Crippen LogP contribution in [0.25, 0.3) is 22.2 Å². The van der Waals surface area contributed by atoms with Crippen molar-refractivity contribution in [2.24, 2.45) is 0 Å². The van der Waals surface area contributed by atoms with Gasteiger partial charge in [0.25, 0.3) is 0 Å². The Hall–Kier alpha value is -3.58. The lowest BCUT2D eigenvalue weighted by atomic mass is 10.1. The van der Waals surface area contributed by atoms with Crippen molar-refractivity contribution in [2.75, 3.05) is 10.6 Å². The molecule has 0 fully saturated rings. The van der Waals surface area contributed by atoms with Crippen molar-refractivity contribution in [3.63, 3.8) is 0 Å². The minimum atomic E-state index is -3.73. The van der Waals surface area contributed by atoms with Crippen LogP contribution in [0.1, 0.15) is 18.9 Å². The summed E-state index contributed by atoms with van der Waals surface area (Å²) in [4.78, 5) is 11.5. The zero-order valence-electron chi connectivity index (χ0n) is 18.2. The molecule has 0 spiro atoms. The normalized spacial score (nSPS) is 18.1. The van der Waals surface area contributed by atoms with Gasteiger partial charge in [0.2, 0.25) is 10.0 Å². The van der Waals surface area contributed by atoms with Crippen molar-refractivity contribution in [3.8, 4) is 11.3 Å². The van der Waals surface area contributed by atoms with E-state index in [1.165, 1.54) is 3.97 Å². The average Bonchev–Trinajstić information content (AvgIpc) is 3.11. The summed E-state index contributed by atoms with van der Waals surface area (Å²) in [5.41, 5.74) is 4.32. The highest BCUT2D eigenvalue weighted by molar-refractivity contribution is 7.89. The Kier molecular flexibility index (Phi) is 5.42. The Morgan fingerprint density at radius 1 is 0.970 bits per heavy atom. The van der Waals surface area contributed by atoms with Crippen LogP contribution in [-0.4, -0.2) is 30.8 Å². The molecule has 1 aliphatic rings. The van der Waals surface area contributed by atoms with E-state index >= 15 is 0 Å². The zero-order chi connectivity index (χ0) is 23.0. The van der Waals surface area contributed by atoms with Crippen molar-refractivity contribution in [1.82, 2.24) is 3.97 Å². The van der Waals surface area contributed by atoms with Gasteiger partial charge in [0.05, 0.1) is 34.4 Å². The van der Waals surface area contributed by atoms with Gasteiger partial charge in [-0.25, -0.2) is 12.4 Å². The summed E-state index contributed by atoms with van der Waals surface area (Å²) < 4.78 is 29.0. The molecule has 0 saturated carbocycles. The summed E-state index contributed by atoms with van der Waals surface area (Å²) >= 11 is 0. The van der Waals surface area contributed by atoms with Crippen LogP contribution in [0.5, 0.6) is 0 Å². The second-order valence-electron chi connectivity index (χ2n) is 8.49. The van der Waals surface area contributed by atoms with E-state index in [4.69, 9.17) is 0 Å². The Morgan fingerprint density at radius 3 is 2.52 bits per heavy atom. The second-order valence-corrected chi connectivity index (χ2v) is 10.3. The van der Waals surface area contributed by atoms with Gasteiger partial charge in [-0.05, 0) is 37.1 Å². The molecule has 6 nitrogen and oxygen atoms in total. The van der Waals surface area contributed by atoms with Gasteiger partial charge in [-0.2, -0.15) is 0 Å². The van der Waals surface area contributed by atoms with Gasteiger partial charge in [-0.1, -0.05) is 60.7 Å². The molecular formula is C26H25N3O3S. The number of anilines is 2. The van der Waals surface area contributed by atoms with Crippen LogP contribution in [0.3, 0.4) is 0 Å². The van der Waals surface area contributed by atoms with Gasteiger partial charge in [-0.15, -0.1) is 0 Å². The standard InChI is InChI=1S/C26H25N3O3S/c1-18-14-21(16-30)28-23-12-7-11-22(26(23)27-18)25-15-20-10-5-6-13-24(20)29(25)33(31,32)17-19-8-3-2-4-9-19/h2-13,15-16,18,21,27-28H,14,17H2,1H3/t18-,21?/m1/s1. The van der Waals surface area contributed by atoms with E-state index in [2.05, 4.69) is 10.6 Å². The molecule has 33 heavy (non-hydrogen) atoms. The number of carbonyl (C=O) groups excluding carboxylic acids is 1. The molecule has 4 aromatic rings. The molecule has 168 valence electrons. The Balaban J connectivity index is 1.72. The molecule has 2 atom stereocenters. The minimum absolute atomic E-state index is 0.0360. The van der Waals surface area contributed by atoms with Crippen LogP contribution in [-0.2, 0) is 20.6 Å². The summed E-state index contributed by atoms with van der Waals surface area (Å²) in [6.45, 7) is 2.02. The lowest BCUT2D eigenvalue weighted by molar-refractivity contribution is -0.108. The molecule has 0 bridgehead atoms. The summed E-state index contributed by atoms with van der Waals surface area (Å²) in [5, 5.41) is 7.64. The fourth-order valence-corrected chi connectivity index (χ4v) is 6.20. The molecule has 0 aliphatic carbocycles. The van der Waals surface area contributed by atoms with Crippen molar-refractivity contribution >= 4 is 38.6 Å². The highest BCUT2D eigenvalue weighted by Crippen LogP contribution is 2.40. The van der Waals surface area contributed by atoms with Crippen LogP contribution < -0.4 is 10.6 Å². The quantitative estimate of drug-likeness (QED) is 0.416. The van der Waals surface area contributed by atoms with Crippen molar-refractivity contribution in [3.05, 3.63) is 84.4 Å². The lowest BCUT2D eigenvalue weighted by Crippen LogP contribution is -2.25. The average molecular weight is 460 g/mol. The third-order valence-corrected chi connectivity index (χ3v) is 7.63. The number of nitrogens with zero attached hydrogens (tertiary/aromatic N) is 1. The van der Waals surface area contributed by atoms with Gasteiger partial charge in [0, 0.05) is 17.0 Å². The maximum absolute atomic E-state index is 13.8. The van der Waals surface area contributed by atoms with E-state index < -0.39 is 10.0 Å². The van der Waals surface area contributed by atoms with Gasteiger partial charge in [0.1, 0.15) is 6.29 Å². The largest absolute Gasteiger partial charge is 0.380 e. The first-order chi connectivity index (χ1) is 16.0. The van der Waals surface area contributed by atoms with Crippen molar-refractivity contribution < 1.29 is 13.2 Å². The summed E-state index contributed by atoms with van der Waals surface area (Å²) in [5.74, 6) is -0.107. The monoisotopic (exact) mass is 459 g/mol. The van der Waals surface area contributed by atoms with E-state index in [0.717, 1.165) is 34.2 Å². The number of rotatable bonds is 5. The number of hydrogen-bond acceptors (Lipinski definition) is 5. The molecule has 1 aliphatic heterocycles. The van der Waals surface area contributed by atoms with E-state index in [-0.39, 0.29) is 17.8 Å². The summed E-state index contributed by atoms with van der Waals surface area (Å²) in [7, 11) is -3.73. The highest BCUT2D eigenvalue weighted by Gasteiger charge is 2.27. The van der Waals surface area contributed by atoms with Gasteiger partial charge in [0.15, 0.2) is 0 Å². The van der Waals surface area contributed by atoms with Crippen LogP contribution in [0.15, 0.2) is 78.9 Å². The molecule has 1 aromatic heterocycles. The fourth-order valence-electron chi connectivity index (χ4n) is 4.54. The van der Waals surface area contributed by atoms with Gasteiger partial charge in [-0.3, -0.25) is 0 Å². The molecule has 0 saturated heterocycles. The van der Waals surface area contributed by atoms with E-state index in [9.17, 15) is 13.2 Å². The smallest absolute Gasteiger partial charge is 0.243 e. The predicted octanol–water partition coefficient (Wildman–Crippen LogP) is 4.87. The van der Waals surface area contributed by atoms with E-state index in [1.54, 1.807) is 0 Å². The van der Waals surface area contributed by atoms with Crippen molar-refractivity contribution in [2.45, 2.75) is 31.2 Å². The number of carbonyl (C=O) groups is 1. The van der Waals surface area contributed by atoms with Gasteiger partial charge >= 0.3 is 0 Å². The Bertz CT molecular complexity index is 1430. The first kappa shape index (κ1) is 21.3. The summed E-state index contributed by atoms with van der Waals surface area (Å²) in [6, 6.07) is 24.1. The number of hydrogen-bond donors (Lipinski definition) is 2. The summed E-state index contributed by atoms with van der Waals surface area (Å²) in [6.07, 6.45) is 1.55. The second kappa shape index (κ2) is 8.41. The molecule has 0 amide bonds. The first-order valence-corrected chi connectivity index (χ1v) is 12.6. The SMILES string of the molecule is C[C@@H]1CC(C=O)Nc2cccc(-c3cc4ccccc4n3S(=O)(=O)Cc3ccccc3)c2N1. The molecular weight excluding hydrogens is 434 g/mol. The molecule has 2 heterocycles. The molecule has 2 N–H and O–H groups in total. The number of benzene rings is 3. The van der Waals surface area contributed by atoms with Gasteiger partial charge < -0.3 is 15.4 Å².